The van der Waals surface area contributed by atoms with Crippen LogP contribution in [0.5, 0.6) is 0 Å². The van der Waals surface area contributed by atoms with Crippen LogP contribution in [0, 0.1) is 0 Å². The molecule has 146 valence electrons. The minimum absolute atomic E-state index is 0.0931. The van der Waals surface area contributed by atoms with Gasteiger partial charge in [0.25, 0.3) is 0 Å². The summed E-state index contributed by atoms with van der Waals surface area (Å²) in [4.78, 5) is 5.14. The van der Waals surface area contributed by atoms with E-state index in [-0.39, 0.29) is 5.92 Å². The molecule has 0 spiro atoms. The number of rotatable bonds is 6. The van der Waals surface area contributed by atoms with Crippen LogP contribution in [0.4, 0.5) is 0 Å². The van der Waals surface area contributed by atoms with E-state index in [0.717, 1.165) is 24.3 Å². The van der Waals surface area contributed by atoms with Crippen molar-refractivity contribution in [3.05, 3.63) is 138 Å². The third kappa shape index (κ3) is 3.65. The highest BCUT2D eigenvalue weighted by Crippen LogP contribution is 2.33. The monoisotopic (exact) mass is 388 g/mol. The van der Waals surface area contributed by atoms with Gasteiger partial charge in [-0.25, -0.2) is 4.98 Å². The molecule has 0 saturated carbocycles. The molecule has 0 N–H and O–H groups in total. The van der Waals surface area contributed by atoms with E-state index >= 15 is 0 Å². The maximum absolute atomic E-state index is 5.14. The second-order valence-electron chi connectivity index (χ2n) is 7.60. The lowest BCUT2D eigenvalue weighted by molar-refractivity contribution is 0.658. The summed E-state index contributed by atoms with van der Waals surface area (Å²) in [5, 5.41) is 0. The Balaban J connectivity index is 1.65. The van der Waals surface area contributed by atoms with Gasteiger partial charge in [0.05, 0.1) is 17.0 Å². The van der Waals surface area contributed by atoms with Gasteiger partial charge >= 0.3 is 0 Å². The zero-order chi connectivity index (χ0) is 20.2. The van der Waals surface area contributed by atoms with Crippen LogP contribution in [0.2, 0.25) is 0 Å². The van der Waals surface area contributed by atoms with Crippen LogP contribution in [0.25, 0.3) is 11.0 Å². The van der Waals surface area contributed by atoms with Crippen molar-refractivity contribution in [3.63, 3.8) is 0 Å². The van der Waals surface area contributed by atoms with Gasteiger partial charge in [0.1, 0.15) is 5.82 Å². The van der Waals surface area contributed by atoms with Crippen molar-refractivity contribution in [3.8, 4) is 0 Å². The summed E-state index contributed by atoms with van der Waals surface area (Å²) in [6, 6.07) is 40.6. The third-order valence-electron chi connectivity index (χ3n) is 5.67. The maximum Gasteiger partial charge on any atom is 0.121 e. The summed E-state index contributed by atoms with van der Waals surface area (Å²) >= 11 is 0. The lowest BCUT2D eigenvalue weighted by Crippen LogP contribution is -2.13. The fourth-order valence-electron chi connectivity index (χ4n) is 4.22. The number of imidazole rings is 1. The second-order valence-corrected chi connectivity index (χ2v) is 7.60. The molecular weight excluding hydrogens is 364 g/mol. The molecule has 0 fully saturated rings. The average Bonchev–Trinajstić information content (AvgIpc) is 3.18. The number of nitrogens with zero attached hydrogens (tertiary/aromatic N) is 2. The van der Waals surface area contributed by atoms with E-state index in [9.17, 15) is 0 Å². The fourth-order valence-corrected chi connectivity index (χ4v) is 4.22. The molecule has 1 aromatic heterocycles. The van der Waals surface area contributed by atoms with E-state index in [0.29, 0.717) is 0 Å². The molecule has 2 heteroatoms. The summed E-state index contributed by atoms with van der Waals surface area (Å²) < 4.78 is 2.41. The quantitative estimate of drug-likeness (QED) is 0.326. The number of para-hydroxylation sites is 2. The van der Waals surface area contributed by atoms with Crippen molar-refractivity contribution in [2.24, 2.45) is 0 Å². The van der Waals surface area contributed by atoms with Crippen LogP contribution in [0.1, 0.15) is 28.4 Å². The van der Waals surface area contributed by atoms with Crippen molar-refractivity contribution in [2.75, 3.05) is 0 Å². The molecule has 0 aliphatic rings. The summed E-state index contributed by atoms with van der Waals surface area (Å²) in [6.07, 6.45) is 0.977. The molecule has 0 aliphatic carbocycles. The van der Waals surface area contributed by atoms with Crippen molar-refractivity contribution in [2.45, 2.75) is 18.9 Å². The predicted molar refractivity (Wildman–Crippen MR) is 124 cm³/mol. The smallest absolute Gasteiger partial charge is 0.121 e. The third-order valence-corrected chi connectivity index (χ3v) is 5.67. The van der Waals surface area contributed by atoms with E-state index in [4.69, 9.17) is 4.98 Å². The first-order valence-corrected chi connectivity index (χ1v) is 10.5. The molecule has 5 rings (SSSR count). The molecule has 0 saturated heterocycles. The Labute approximate surface area is 177 Å². The topological polar surface area (TPSA) is 17.8 Å². The van der Waals surface area contributed by atoms with Crippen LogP contribution in [-0.2, 0) is 13.0 Å². The number of fused-ring (bicyclic) bond motifs is 1. The van der Waals surface area contributed by atoms with Crippen LogP contribution < -0.4 is 0 Å². The van der Waals surface area contributed by atoms with Gasteiger partial charge in [-0.05, 0) is 35.2 Å². The van der Waals surface area contributed by atoms with Crippen LogP contribution >= 0.6 is 0 Å². The molecule has 2 nitrogen and oxygen atoms in total. The Morgan fingerprint density at radius 2 is 1.13 bits per heavy atom. The van der Waals surface area contributed by atoms with Gasteiger partial charge in [-0.3, -0.25) is 0 Å². The van der Waals surface area contributed by atoms with E-state index in [2.05, 4.69) is 120 Å². The number of benzene rings is 4. The zero-order valence-electron chi connectivity index (χ0n) is 16.9. The Hall–Kier alpha value is -3.65. The highest BCUT2D eigenvalue weighted by molar-refractivity contribution is 5.76. The van der Waals surface area contributed by atoms with E-state index < -0.39 is 0 Å². The highest BCUT2D eigenvalue weighted by atomic mass is 15.1. The summed E-state index contributed by atoms with van der Waals surface area (Å²) in [5.41, 5.74) is 6.12. The van der Waals surface area contributed by atoms with Crippen molar-refractivity contribution in [1.29, 1.82) is 0 Å². The first-order chi connectivity index (χ1) is 14.9. The molecule has 5 aromatic rings. The molecule has 4 aromatic carbocycles. The molecule has 30 heavy (non-hydrogen) atoms. The van der Waals surface area contributed by atoms with Crippen LogP contribution in [0.3, 0.4) is 0 Å². The molecule has 0 aliphatic heterocycles. The predicted octanol–water partition coefficient (Wildman–Crippen LogP) is 6.46. The Kier molecular flexibility index (Phi) is 5.14. The molecule has 1 heterocycles. The van der Waals surface area contributed by atoms with E-state index in [1.54, 1.807) is 0 Å². The van der Waals surface area contributed by atoms with Crippen molar-refractivity contribution in [1.82, 2.24) is 9.55 Å². The lowest BCUT2D eigenvalue weighted by Gasteiger charge is -2.20. The standard InChI is InChI=1S/C28H24N2/c1-4-12-22(13-5-1)20-21-30-26-19-11-10-18-25(26)29-28(30)27(23-14-6-2-7-15-23)24-16-8-3-9-17-24/h1-19,27H,20-21H2. The van der Waals surface area contributed by atoms with Gasteiger partial charge in [0.15, 0.2) is 0 Å². The van der Waals surface area contributed by atoms with E-state index in [1.165, 1.54) is 22.2 Å². The number of aryl methyl sites for hydroxylation is 2. The number of hydrogen-bond donors (Lipinski definition) is 0. The zero-order valence-corrected chi connectivity index (χ0v) is 16.9. The normalized spacial score (nSPS) is 11.2. The summed E-state index contributed by atoms with van der Waals surface area (Å²) in [7, 11) is 0. The molecule has 0 radical (unpaired) electrons. The van der Waals surface area contributed by atoms with Gasteiger partial charge in [-0.15, -0.1) is 0 Å². The van der Waals surface area contributed by atoms with Gasteiger partial charge in [0.2, 0.25) is 0 Å². The van der Waals surface area contributed by atoms with Crippen LogP contribution in [0.15, 0.2) is 115 Å². The Morgan fingerprint density at radius 3 is 1.77 bits per heavy atom. The van der Waals surface area contributed by atoms with Crippen LogP contribution in [-0.4, -0.2) is 9.55 Å². The van der Waals surface area contributed by atoms with Crippen molar-refractivity contribution < 1.29 is 0 Å². The van der Waals surface area contributed by atoms with Gasteiger partial charge in [-0.2, -0.15) is 0 Å². The first-order valence-electron chi connectivity index (χ1n) is 10.5. The summed E-state index contributed by atoms with van der Waals surface area (Å²) in [6.45, 7) is 0.899. The Bertz CT molecular complexity index is 1190. The van der Waals surface area contributed by atoms with Gasteiger partial charge in [0, 0.05) is 6.54 Å². The molecule has 0 atom stereocenters. The minimum atomic E-state index is 0.0931. The Morgan fingerprint density at radius 1 is 0.600 bits per heavy atom. The molecular formula is C28H24N2. The largest absolute Gasteiger partial charge is 0.327 e. The van der Waals surface area contributed by atoms with Gasteiger partial charge in [-0.1, -0.05) is 103 Å². The van der Waals surface area contributed by atoms with Gasteiger partial charge < -0.3 is 4.57 Å². The number of aromatic nitrogens is 2. The van der Waals surface area contributed by atoms with E-state index in [1.807, 2.05) is 0 Å². The molecule has 0 unspecified atom stereocenters. The fraction of sp³-hybridized carbons (Fsp3) is 0.107. The second kappa shape index (κ2) is 8.38. The highest BCUT2D eigenvalue weighted by Gasteiger charge is 2.23. The van der Waals surface area contributed by atoms with Crippen molar-refractivity contribution >= 4 is 11.0 Å². The first kappa shape index (κ1) is 18.4. The minimum Gasteiger partial charge on any atom is -0.327 e. The summed E-state index contributed by atoms with van der Waals surface area (Å²) in [5.74, 6) is 1.19. The maximum atomic E-state index is 5.14. The molecule has 0 amide bonds. The SMILES string of the molecule is c1ccc(CCn2c(C(c3ccccc3)c3ccccc3)nc3ccccc32)cc1. The lowest BCUT2D eigenvalue weighted by atomic mass is 9.90. The molecule has 0 bridgehead atoms. The average molecular weight is 389 g/mol. The number of hydrogen-bond acceptors (Lipinski definition) is 1.